The summed E-state index contributed by atoms with van der Waals surface area (Å²) in [6, 6.07) is 4.56. The molecule has 4 rings (SSSR count). The van der Waals surface area contributed by atoms with Crippen molar-refractivity contribution in [3.63, 3.8) is 0 Å². The first-order chi connectivity index (χ1) is 18.4. The number of benzene rings is 1. The molecule has 7 nitrogen and oxygen atoms in total. The van der Waals surface area contributed by atoms with Crippen molar-refractivity contribution >= 4 is 11.8 Å². The van der Waals surface area contributed by atoms with Crippen molar-refractivity contribution in [1.29, 1.82) is 0 Å². The summed E-state index contributed by atoms with van der Waals surface area (Å²) in [5, 5.41) is 7.66. The molecule has 3 heterocycles. The highest BCUT2D eigenvalue weighted by Gasteiger charge is 2.53. The lowest BCUT2D eigenvalue weighted by Crippen LogP contribution is -2.73. The predicted molar refractivity (Wildman–Crippen MR) is 143 cm³/mol. The fourth-order valence-electron chi connectivity index (χ4n) is 5.90. The van der Waals surface area contributed by atoms with Crippen LogP contribution >= 0.6 is 0 Å². The zero-order valence-electron chi connectivity index (χ0n) is 23.6. The van der Waals surface area contributed by atoms with Crippen LogP contribution in [-0.2, 0) is 22.3 Å². The van der Waals surface area contributed by atoms with Gasteiger partial charge in [-0.2, -0.15) is 18.3 Å². The predicted octanol–water partition coefficient (Wildman–Crippen LogP) is 5.02. The molecule has 1 atom stereocenters. The van der Waals surface area contributed by atoms with E-state index in [-0.39, 0.29) is 11.8 Å². The number of carbonyl (C=O) groups excluding carboxylic acids is 2. The number of aromatic nitrogens is 2. The van der Waals surface area contributed by atoms with E-state index in [0.717, 1.165) is 41.9 Å². The number of rotatable bonds is 8. The lowest BCUT2D eigenvalue weighted by atomic mass is 9.80. The fourth-order valence-corrected chi connectivity index (χ4v) is 5.90. The number of nitrogens with one attached hydrogen (secondary N) is 1. The molecule has 1 N–H and O–H groups in total. The molecule has 10 heteroatoms. The van der Waals surface area contributed by atoms with Crippen molar-refractivity contribution in [3.05, 3.63) is 46.8 Å². The van der Waals surface area contributed by atoms with Crippen LogP contribution in [0.15, 0.2) is 24.3 Å². The molecular weight excluding hydrogens is 507 g/mol. The van der Waals surface area contributed by atoms with E-state index in [1.54, 1.807) is 4.68 Å². The summed E-state index contributed by atoms with van der Waals surface area (Å²) in [6.45, 7) is 12.6. The van der Waals surface area contributed by atoms with E-state index in [0.29, 0.717) is 57.0 Å². The van der Waals surface area contributed by atoms with Gasteiger partial charge in [0.1, 0.15) is 11.6 Å². The maximum Gasteiger partial charge on any atom is 0.416 e. The van der Waals surface area contributed by atoms with Gasteiger partial charge < -0.3 is 10.2 Å². The van der Waals surface area contributed by atoms with Gasteiger partial charge in [0.25, 0.3) is 0 Å². The number of halogens is 3. The second-order valence-corrected chi connectivity index (χ2v) is 11.4. The molecule has 0 radical (unpaired) electrons. The van der Waals surface area contributed by atoms with Crippen LogP contribution in [0.2, 0.25) is 0 Å². The van der Waals surface area contributed by atoms with Gasteiger partial charge in [0.05, 0.1) is 16.9 Å². The van der Waals surface area contributed by atoms with E-state index in [4.69, 9.17) is 0 Å². The third-order valence-electron chi connectivity index (χ3n) is 8.20. The lowest BCUT2D eigenvalue weighted by molar-refractivity contribution is -0.161. The van der Waals surface area contributed by atoms with Crippen LogP contribution in [0.25, 0.3) is 5.69 Å². The van der Waals surface area contributed by atoms with E-state index < -0.39 is 23.3 Å². The Morgan fingerprint density at radius 3 is 2.31 bits per heavy atom. The maximum absolute atomic E-state index is 13.5. The summed E-state index contributed by atoms with van der Waals surface area (Å²) in [7, 11) is 0. The van der Waals surface area contributed by atoms with Gasteiger partial charge in [-0.3, -0.25) is 14.5 Å². The molecule has 0 aliphatic carbocycles. The molecule has 2 aliphatic rings. The molecule has 39 heavy (non-hydrogen) atoms. The number of hydrogen-bond donors (Lipinski definition) is 1. The number of carbonyl (C=O) groups is 2. The van der Waals surface area contributed by atoms with Crippen LogP contribution in [-0.4, -0.2) is 62.6 Å². The Morgan fingerprint density at radius 2 is 1.74 bits per heavy atom. The van der Waals surface area contributed by atoms with Gasteiger partial charge in [0.15, 0.2) is 0 Å². The second kappa shape index (κ2) is 11.3. The number of aryl methyl sites for hydroxylation is 1. The Kier molecular flexibility index (Phi) is 8.44. The summed E-state index contributed by atoms with van der Waals surface area (Å²) >= 11 is 0. The minimum Gasteiger partial charge on any atom is -0.342 e. The number of piperazine rings is 1. The summed E-state index contributed by atoms with van der Waals surface area (Å²) in [4.78, 5) is 31.1. The van der Waals surface area contributed by atoms with Gasteiger partial charge in [-0.25, -0.2) is 4.68 Å². The van der Waals surface area contributed by atoms with Crippen molar-refractivity contribution in [1.82, 2.24) is 24.9 Å². The van der Waals surface area contributed by atoms with Crippen molar-refractivity contribution in [2.45, 2.75) is 91.0 Å². The quantitative estimate of drug-likeness (QED) is 0.504. The minimum absolute atomic E-state index is 0.0361. The molecule has 214 valence electrons. The van der Waals surface area contributed by atoms with Crippen molar-refractivity contribution in [3.8, 4) is 5.69 Å². The van der Waals surface area contributed by atoms with Crippen LogP contribution in [0.4, 0.5) is 13.2 Å². The summed E-state index contributed by atoms with van der Waals surface area (Å²) < 4.78 is 40.6. The second-order valence-electron chi connectivity index (χ2n) is 11.4. The first-order valence-electron chi connectivity index (χ1n) is 13.9. The van der Waals surface area contributed by atoms with Crippen LogP contribution in [0.1, 0.15) is 75.4 Å². The number of likely N-dealkylation sites (tertiary alicyclic amines) is 1. The summed E-state index contributed by atoms with van der Waals surface area (Å²) in [6.07, 6.45) is -0.811. The fraction of sp³-hybridized carbons (Fsp3) is 0.621. The van der Waals surface area contributed by atoms with E-state index in [9.17, 15) is 22.8 Å². The monoisotopic (exact) mass is 547 g/mol. The molecule has 2 amide bonds. The average molecular weight is 548 g/mol. The molecule has 0 bridgehead atoms. The molecule has 1 aromatic carbocycles. The van der Waals surface area contributed by atoms with Crippen LogP contribution in [0.5, 0.6) is 0 Å². The first kappa shape index (κ1) is 29.1. The summed E-state index contributed by atoms with van der Waals surface area (Å²) in [5.74, 6) is 0.304. The Labute approximate surface area is 228 Å². The third kappa shape index (κ3) is 5.85. The molecule has 2 fully saturated rings. The molecule has 2 aliphatic heterocycles. The molecule has 1 unspecified atom stereocenters. The number of piperidine rings is 1. The number of alkyl halides is 3. The van der Waals surface area contributed by atoms with Crippen LogP contribution in [0.3, 0.4) is 0 Å². The van der Waals surface area contributed by atoms with Crippen LogP contribution in [0, 0.1) is 19.8 Å². The standard InChI is InChI=1S/C29H40F3N5O2/c1-6-7-14-36-26(38)25(17-19(2)3)33-27(39)28(36)12-15-35(16-13-28)18-24-20(4)34-37(21(24)5)23-10-8-22(9-11-23)29(30,31)32/h8-11,19,25H,6-7,12-18H2,1-5H3,(H,33,39). The molecular formula is C29H40F3N5O2. The molecule has 1 aromatic heterocycles. The first-order valence-corrected chi connectivity index (χ1v) is 13.9. The summed E-state index contributed by atoms with van der Waals surface area (Å²) in [5.41, 5.74) is 1.79. The maximum atomic E-state index is 13.5. The topological polar surface area (TPSA) is 70.5 Å². The van der Waals surface area contributed by atoms with Gasteiger partial charge in [-0.05, 0) is 69.7 Å². The van der Waals surface area contributed by atoms with Gasteiger partial charge in [-0.15, -0.1) is 0 Å². The molecule has 2 saturated heterocycles. The molecule has 0 saturated carbocycles. The molecule has 2 aromatic rings. The van der Waals surface area contributed by atoms with Gasteiger partial charge in [-0.1, -0.05) is 27.2 Å². The Bertz CT molecular complexity index is 1180. The van der Waals surface area contributed by atoms with E-state index >= 15 is 0 Å². The van der Waals surface area contributed by atoms with Gasteiger partial charge in [0.2, 0.25) is 11.8 Å². The zero-order valence-corrected chi connectivity index (χ0v) is 23.6. The Hall–Kier alpha value is -2.88. The highest BCUT2D eigenvalue weighted by Crippen LogP contribution is 2.35. The van der Waals surface area contributed by atoms with Crippen molar-refractivity contribution in [2.24, 2.45) is 5.92 Å². The zero-order chi connectivity index (χ0) is 28.5. The van der Waals surface area contributed by atoms with Gasteiger partial charge in [0, 0.05) is 37.4 Å². The average Bonchev–Trinajstić information content (AvgIpc) is 3.16. The van der Waals surface area contributed by atoms with E-state index in [2.05, 4.69) is 36.1 Å². The minimum atomic E-state index is -4.38. The highest BCUT2D eigenvalue weighted by molar-refractivity contribution is 6.00. The highest BCUT2D eigenvalue weighted by atomic mass is 19.4. The molecule has 1 spiro atoms. The SMILES string of the molecule is CCCCN1C(=O)C(CC(C)C)NC(=O)C12CCN(Cc1c(C)nn(-c3ccc(C(F)(F)F)cc3)c1C)CC2. The lowest BCUT2D eigenvalue weighted by Gasteiger charge is -2.52. The third-order valence-corrected chi connectivity index (χ3v) is 8.20. The van der Waals surface area contributed by atoms with E-state index in [1.165, 1.54) is 12.1 Å². The van der Waals surface area contributed by atoms with Crippen molar-refractivity contribution < 1.29 is 22.8 Å². The number of hydrogen-bond acceptors (Lipinski definition) is 4. The number of unbranched alkanes of at least 4 members (excludes halogenated alkanes) is 1. The largest absolute Gasteiger partial charge is 0.416 e. The smallest absolute Gasteiger partial charge is 0.342 e. The van der Waals surface area contributed by atoms with Crippen LogP contribution < -0.4 is 5.32 Å². The number of nitrogens with zero attached hydrogens (tertiary/aromatic N) is 4. The van der Waals surface area contributed by atoms with Gasteiger partial charge >= 0.3 is 6.18 Å². The van der Waals surface area contributed by atoms with Crippen molar-refractivity contribution in [2.75, 3.05) is 19.6 Å². The normalized spacial score (nSPS) is 20.2. The Balaban J connectivity index is 1.49. The number of amides is 2. The van der Waals surface area contributed by atoms with E-state index in [1.807, 2.05) is 18.7 Å². The Morgan fingerprint density at radius 1 is 1.10 bits per heavy atom.